The number of rotatable bonds is 14. The Bertz CT molecular complexity index is 208. The predicted octanol–water partition coefficient (Wildman–Crippen LogP) is 7.86. The zero-order valence-electron chi connectivity index (χ0n) is 16.1. The summed E-state index contributed by atoms with van der Waals surface area (Å²) < 4.78 is 0. The first kappa shape index (κ1) is 21.0. The monoisotopic (exact) mass is 296 g/mol. The van der Waals surface area contributed by atoms with Gasteiger partial charge in [0.05, 0.1) is 0 Å². The first-order valence-corrected chi connectivity index (χ1v) is 10.1. The highest BCUT2D eigenvalue weighted by atomic mass is 14.3. The van der Waals surface area contributed by atoms with Crippen molar-refractivity contribution in [1.82, 2.24) is 0 Å². The SMILES string of the molecule is CCCCCCCCC(CC(C)CCC)C(C)C(C)CC. The Morgan fingerprint density at radius 3 is 1.86 bits per heavy atom. The Morgan fingerprint density at radius 2 is 1.29 bits per heavy atom. The van der Waals surface area contributed by atoms with E-state index in [4.69, 9.17) is 0 Å². The second kappa shape index (κ2) is 13.6. The van der Waals surface area contributed by atoms with Crippen LogP contribution in [-0.2, 0) is 0 Å². The molecule has 0 saturated heterocycles. The van der Waals surface area contributed by atoms with Gasteiger partial charge >= 0.3 is 0 Å². The lowest BCUT2D eigenvalue weighted by Gasteiger charge is -2.31. The average Bonchev–Trinajstić information content (AvgIpc) is 2.48. The zero-order chi connectivity index (χ0) is 16.1. The van der Waals surface area contributed by atoms with Crippen LogP contribution < -0.4 is 0 Å². The lowest BCUT2D eigenvalue weighted by molar-refractivity contribution is 0.199. The van der Waals surface area contributed by atoms with E-state index in [0.29, 0.717) is 0 Å². The van der Waals surface area contributed by atoms with Crippen LogP contribution in [0.1, 0.15) is 112 Å². The molecule has 0 saturated carbocycles. The Kier molecular flexibility index (Phi) is 13.6. The summed E-state index contributed by atoms with van der Waals surface area (Å²) in [7, 11) is 0. The minimum atomic E-state index is 0.893. The summed E-state index contributed by atoms with van der Waals surface area (Å²) in [6.45, 7) is 14.5. The zero-order valence-corrected chi connectivity index (χ0v) is 16.1. The predicted molar refractivity (Wildman–Crippen MR) is 98.8 cm³/mol. The molecule has 0 aliphatic rings. The fraction of sp³-hybridized carbons (Fsp3) is 1.00. The van der Waals surface area contributed by atoms with Gasteiger partial charge in [0, 0.05) is 0 Å². The van der Waals surface area contributed by atoms with Crippen molar-refractivity contribution in [1.29, 1.82) is 0 Å². The number of hydrogen-bond donors (Lipinski definition) is 0. The van der Waals surface area contributed by atoms with Crippen molar-refractivity contribution in [2.75, 3.05) is 0 Å². The van der Waals surface area contributed by atoms with Crippen molar-refractivity contribution >= 4 is 0 Å². The third kappa shape index (κ3) is 10.4. The Balaban J connectivity index is 4.18. The van der Waals surface area contributed by atoms with Crippen LogP contribution >= 0.6 is 0 Å². The number of hydrogen-bond acceptors (Lipinski definition) is 0. The van der Waals surface area contributed by atoms with Gasteiger partial charge in [-0.25, -0.2) is 0 Å². The molecule has 0 N–H and O–H groups in total. The normalized spacial score (nSPS) is 17.4. The lowest BCUT2D eigenvalue weighted by Crippen LogP contribution is -2.21. The maximum Gasteiger partial charge on any atom is -0.0383 e. The molecule has 4 unspecified atom stereocenters. The van der Waals surface area contributed by atoms with Crippen molar-refractivity contribution in [3.63, 3.8) is 0 Å². The summed E-state index contributed by atoms with van der Waals surface area (Å²) in [5.41, 5.74) is 0. The lowest BCUT2D eigenvalue weighted by atomic mass is 9.75. The average molecular weight is 297 g/mol. The summed E-state index contributed by atoms with van der Waals surface area (Å²) in [4.78, 5) is 0. The van der Waals surface area contributed by atoms with Crippen molar-refractivity contribution in [3.05, 3.63) is 0 Å². The second-order valence-electron chi connectivity index (χ2n) is 7.69. The first-order valence-electron chi connectivity index (χ1n) is 10.1. The molecule has 4 atom stereocenters. The van der Waals surface area contributed by atoms with Gasteiger partial charge < -0.3 is 0 Å². The second-order valence-corrected chi connectivity index (χ2v) is 7.69. The molecule has 0 aliphatic heterocycles. The van der Waals surface area contributed by atoms with Crippen molar-refractivity contribution in [2.45, 2.75) is 112 Å². The molecule has 0 aromatic rings. The van der Waals surface area contributed by atoms with Crippen LogP contribution in [0, 0.1) is 23.7 Å². The smallest absolute Gasteiger partial charge is 0.0383 e. The Morgan fingerprint density at radius 1 is 0.667 bits per heavy atom. The van der Waals surface area contributed by atoms with E-state index >= 15 is 0 Å². The van der Waals surface area contributed by atoms with Gasteiger partial charge in [0.2, 0.25) is 0 Å². The summed E-state index contributed by atoms with van der Waals surface area (Å²) in [6, 6.07) is 0. The maximum atomic E-state index is 2.52. The standard InChI is InChI=1S/C21H44/c1-7-10-11-12-13-14-16-21(17-18(4)15-8-2)20(6)19(5)9-3/h18-21H,7-17H2,1-6H3. The molecule has 0 fully saturated rings. The van der Waals surface area contributed by atoms with E-state index in [9.17, 15) is 0 Å². The highest BCUT2D eigenvalue weighted by Crippen LogP contribution is 2.33. The molecule has 0 bridgehead atoms. The third-order valence-electron chi connectivity index (χ3n) is 5.70. The van der Waals surface area contributed by atoms with Crippen LogP contribution in [0.5, 0.6) is 0 Å². The molecular formula is C21H44. The minimum Gasteiger partial charge on any atom is -0.0654 e. The fourth-order valence-corrected chi connectivity index (χ4v) is 3.75. The van der Waals surface area contributed by atoms with E-state index < -0.39 is 0 Å². The van der Waals surface area contributed by atoms with E-state index in [1.165, 1.54) is 70.6 Å². The van der Waals surface area contributed by atoms with Gasteiger partial charge in [0.25, 0.3) is 0 Å². The fourth-order valence-electron chi connectivity index (χ4n) is 3.75. The van der Waals surface area contributed by atoms with Crippen LogP contribution in [0.3, 0.4) is 0 Å². The molecule has 0 aromatic carbocycles. The van der Waals surface area contributed by atoms with Gasteiger partial charge in [-0.05, 0) is 30.1 Å². The van der Waals surface area contributed by atoms with Gasteiger partial charge in [-0.15, -0.1) is 0 Å². The quantitative estimate of drug-likeness (QED) is 0.286. The topological polar surface area (TPSA) is 0 Å². The van der Waals surface area contributed by atoms with E-state index in [-0.39, 0.29) is 0 Å². The van der Waals surface area contributed by atoms with Gasteiger partial charge in [-0.2, -0.15) is 0 Å². The van der Waals surface area contributed by atoms with Crippen molar-refractivity contribution < 1.29 is 0 Å². The molecular weight excluding hydrogens is 252 g/mol. The molecule has 128 valence electrons. The van der Waals surface area contributed by atoms with Crippen LogP contribution in [0.25, 0.3) is 0 Å². The molecule has 0 aliphatic carbocycles. The molecule has 0 heterocycles. The van der Waals surface area contributed by atoms with E-state index in [1.54, 1.807) is 0 Å². The summed E-state index contributed by atoms with van der Waals surface area (Å²) in [6.07, 6.45) is 15.7. The van der Waals surface area contributed by atoms with Gasteiger partial charge in [0.1, 0.15) is 0 Å². The molecule has 0 amide bonds. The summed E-state index contributed by atoms with van der Waals surface area (Å²) >= 11 is 0. The highest BCUT2D eigenvalue weighted by molar-refractivity contribution is 4.73. The highest BCUT2D eigenvalue weighted by Gasteiger charge is 2.23. The molecule has 0 rings (SSSR count). The molecule has 0 nitrogen and oxygen atoms in total. The van der Waals surface area contributed by atoms with Crippen molar-refractivity contribution in [2.24, 2.45) is 23.7 Å². The van der Waals surface area contributed by atoms with Crippen LogP contribution in [0.4, 0.5) is 0 Å². The Labute approximate surface area is 136 Å². The maximum absolute atomic E-state index is 2.52. The van der Waals surface area contributed by atoms with Gasteiger partial charge in [0.15, 0.2) is 0 Å². The van der Waals surface area contributed by atoms with E-state index in [2.05, 4.69) is 41.5 Å². The van der Waals surface area contributed by atoms with E-state index in [1.807, 2.05) is 0 Å². The van der Waals surface area contributed by atoms with Gasteiger partial charge in [-0.1, -0.05) is 106 Å². The van der Waals surface area contributed by atoms with Crippen LogP contribution in [-0.4, -0.2) is 0 Å². The molecule has 0 heteroatoms. The first-order chi connectivity index (χ1) is 10.1. The minimum absolute atomic E-state index is 0.893. The third-order valence-corrected chi connectivity index (χ3v) is 5.70. The summed E-state index contributed by atoms with van der Waals surface area (Å²) in [5.74, 6) is 3.69. The number of unbranched alkanes of at least 4 members (excludes halogenated alkanes) is 5. The largest absolute Gasteiger partial charge is 0.0654 e. The molecule has 21 heavy (non-hydrogen) atoms. The molecule has 0 spiro atoms. The van der Waals surface area contributed by atoms with Crippen LogP contribution in [0.2, 0.25) is 0 Å². The Hall–Kier alpha value is 0. The summed E-state index contributed by atoms with van der Waals surface area (Å²) in [5, 5.41) is 0. The van der Waals surface area contributed by atoms with Gasteiger partial charge in [-0.3, -0.25) is 0 Å². The van der Waals surface area contributed by atoms with E-state index in [0.717, 1.165) is 23.7 Å². The van der Waals surface area contributed by atoms with Crippen molar-refractivity contribution in [3.8, 4) is 0 Å². The van der Waals surface area contributed by atoms with Crippen LogP contribution in [0.15, 0.2) is 0 Å². The molecule has 0 aromatic heterocycles. The molecule has 0 radical (unpaired) electrons.